The molecule has 1 heterocycles. The predicted octanol–water partition coefficient (Wildman–Crippen LogP) is 0.576. The summed E-state index contributed by atoms with van der Waals surface area (Å²) in [5.41, 5.74) is 0. The Morgan fingerprint density at radius 3 is 2.36 bits per heavy atom. The summed E-state index contributed by atoms with van der Waals surface area (Å²) >= 11 is 0. The molecule has 64 valence electrons. The van der Waals surface area contributed by atoms with E-state index in [9.17, 15) is 9.11 Å². The molecule has 0 aromatic heterocycles. The summed E-state index contributed by atoms with van der Waals surface area (Å²) in [6.07, 6.45) is 0. The van der Waals surface area contributed by atoms with Gasteiger partial charge in [-0.05, 0) is 0 Å². The highest BCUT2D eigenvalue weighted by molar-refractivity contribution is 8.24. The van der Waals surface area contributed by atoms with Crippen molar-refractivity contribution in [2.75, 3.05) is 31.1 Å². The first kappa shape index (κ1) is 8.81. The van der Waals surface area contributed by atoms with E-state index in [-0.39, 0.29) is 0 Å². The number of rotatable bonds is 1. The lowest BCUT2D eigenvalue weighted by Crippen LogP contribution is -2.38. The lowest BCUT2D eigenvalue weighted by Gasteiger charge is -2.40. The molecule has 5 heteroatoms. The Morgan fingerprint density at radius 2 is 1.91 bits per heavy atom. The van der Waals surface area contributed by atoms with Gasteiger partial charge in [0.15, 0.2) is 0 Å². The topological polar surface area (TPSA) is 67.5 Å². The van der Waals surface area contributed by atoms with Crippen molar-refractivity contribution in [1.29, 1.82) is 5.26 Å². The molecule has 0 aromatic carbocycles. The third-order valence-electron chi connectivity index (χ3n) is 1.76. The Bertz CT molecular complexity index is 168. The first-order valence-corrected chi connectivity index (χ1v) is 5.35. The van der Waals surface area contributed by atoms with E-state index in [0.717, 1.165) is 0 Å². The second-order valence-electron chi connectivity index (χ2n) is 2.64. The van der Waals surface area contributed by atoms with Crippen LogP contribution in [0.1, 0.15) is 0 Å². The van der Waals surface area contributed by atoms with Crippen molar-refractivity contribution in [3.8, 4) is 6.07 Å². The van der Waals surface area contributed by atoms with Crippen molar-refractivity contribution in [3.63, 3.8) is 0 Å². The second kappa shape index (κ2) is 3.41. The minimum Gasteiger partial charge on any atom is -0.299 e. The van der Waals surface area contributed by atoms with E-state index in [2.05, 4.69) is 0 Å². The average molecular weight is 176 g/mol. The summed E-state index contributed by atoms with van der Waals surface area (Å²) in [6.45, 7) is 1.67. The van der Waals surface area contributed by atoms with Crippen molar-refractivity contribution in [2.45, 2.75) is 0 Å². The molecule has 0 saturated carbocycles. The van der Waals surface area contributed by atoms with Crippen LogP contribution in [0, 0.1) is 11.3 Å². The van der Waals surface area contributed by atoms with Gasteiger partial charge < -0.3 is 0 Å². The van der Waals surface area contributed by atoms with E-state index >= 15 is 0 Å². The maximum Gasteiger partial charge on any atom is 0.0867 e. The fourth-order valence-corrected chi connectivity index (χ4v) is 2.33. The van der Waals surface area contributed by atoms with Crippen LogP contribution in [-0.2, 0) is 0 Å². The van der Waals surface area contributed by atoms with Gasteiger partial charge in [-0.15, -0.1) is 0 Å². The predicted molar refractivity (Wildman–Crippen MR) is 44.6 cm³/mol. The number of hydrogen-bond acceptors (Lipinski definition) is 4. The maximum absolute atomic E-state index is 9.19. The molecule has 0 aliphatic carbocycles. The Hall–Kier alpha value is -0.280. The Kier molecular flexibility index (Phi) is 2.73. The van der Waals surface area contributed by atoms with E-state index in [1.165, 1.54) is 0 Å². The average Bonchev–Trinajstić information content (AvgIpc) is 1.94. The smallest absolute Gasteiger partial charge is 0.0867 e. The quantitative estimate of drug-likeness (QED) is 0.573. The molecule has 0 aromatic rings. The Labute approximate surface area is 67.8 Å². The molecule has 0 unspecified atom stereocenters. The standard InChI is InChI=1S/C6H12N2O2S/c7-1-2-8-3-5-11(9,10)6-4-8/h9-10H,2-6H2. The number of hydrogen-bond donors (Lipinski definition) is 2. The summed E-state index contributed by atoms with van der Waals surface area (Å²) in [7, 11) is -2.29. The minimum absolute atomic E-state index is 0.398. The molecule has 0 spiro atoms. The van der Waals surface area contributed by atoms with Crippen molar-refractivity contribution in [2.24, 2.45) is 0 Å². The van der Waals surface area contributed by atoms with Gasteiger partial charge in [0.1, 0.15) is 0 Å². The number of nitrogens with zero attached hydrogens (tertiary/aromatic N) is 2. The maximum atomic E-state index is 9.19. The van der Waals surface area contributed by atoms with Crippen LogP contribution < -0.4 is 0 Å². The third kappa shape index (κ3) is 2.67. The van der Waals surface area contributed by atoms with Crippen molar-refractivity contribution in [1.82, 2.24) is 4.90 Å². The van der Waals surface area contributed by atoms with Crippen molar-refractivity contribution >= 4 is 10.6 Å². The van der Waals surface area contributed by atoms with Crippen LogP contribution >= 0.6 is 10.6 Å². The fourth-order valence-electron chi connectivity index (χ4n) is 1.02. The minimum atomic E-state index is -2.29. The van der Waals surface area contributed by atoms with Crippen molar-refractivity contribution in [3.05, 3.63) is 0 Å². The summed E-state index contributed by atoms with van der Waals surface area (Å²) < 4.78 is 18.4. The lowest BCUT2D eigenvalue weighted by molar-refractivity contribution is 0.316. The van der Waals surface area contributed by atoms with E-state index < -0.39 is 10.6 Å². The highest BCUT2D eigenvalue weighted by atomic mass is 32.3. The van der Waals surface area contributed by atoms with Crippen LogP contribution in [0.15, 0.2) is 0 Å². The van der Waals surface area contributed by atoms with E-state index in [4.69, 9.17) is 5.26 Å². The first-order chi connectivity index (χ1) is 5.14. The molecule has 1 aliphatic rings. The van der Waals surface area contributed by atoms with Crippen LogP contribution in [0.2, 0.25) is 0 Å². The highest BCUT2D eigenvalue weighted by Crippen LogP contribution is 2.39. The molecule has 0 radical (unpaired) electrons. The zero-order valence-corrected chi connectivity index (χ0v) is 7.05. The van der Waals surface area contributed by atoms with Crippen LogP contribution in [0.4, 0.5) is 0 Å². The lowest BCUT2D eigenvalue weighted by atomic mass is 10.5. The van der Waals surface area contributed by atoms with Gasteiger partial charge in [0.2, 0.25) is 0 Å². The normalized spacial score (nSPS) is 27.4. The van der Waals surface area contributed by atoms with E-state index in [1.54, 1.807) is 0 Å². The molecule has 4 nitrogen and oxygen atoms in total. The molecule has 0 bridgehead atoms. The largest absolute Gasteiger partial charge is 0.299 e. The Morgan fingerprint density at radius 1 is 1.36 bits per heavy atom. The van der Waals surface area contributed by atoms with Crippen LogP contribution in [0.5, 0.6) is 0 Å². The SMILES string of the molecule is N#CCN1CCS(O)(O)CC1. The molecule has 1 aliphatic heterocycles. The van der Waals surface area contributed by atoms with Gasteiger partial charge in [-0.3, -0.25) is 14.0 Å². The Balaban J connectivity index is 2.32. The van der Waals surface area contributed by atoms with Crippen LogP contribution in [0.25, 0.3) is 0 Å². The third-order valence-corrected chi connectivity index (χ3v) is 3.44. The van der Waals surface area contributed by atoms with Gasteiger partial charge in [0, 0.05) is 13.1 Å². The van der Waals surface area contributed by atoms with Crippen molar-refractivity contribution < 1.29 is 9.11 Å². The molecule has 1 saturated heterocycles. The van der Waals surface area contributed by atoms with Gasteiger partial charge in [-0.25, -0.2) is 0 Å². The zero-order valence-electron chi connectivity index (χ0n) is 6.23. The monoisotopic (exact) mass is 176 g/mol. The fraction of sp³-hybridized carbons (Fsp3) is 0.833. The summed E-state index contributed by atoms with van der Waals surface area (Å²) in [5, 5.41) is 8.34. The molecule has 0 atom stereocenters. The van der Waals surface area contributed by atoms with Gasteiger partial charge in [-0.2, -0.15) is 15.9 Å². The second-order valence-corrected chi connectivity index (χ2v) is 5.07. The molecule has 2 N–H and O–H groups in total. The molecular weight excluding hydrogens is 164 g/mol. The highest BCUT2D eigenvalue weighted by Gasteiger charge is 2.21. The first-order valence-electron chi connectivity index (χ1n) is 3.47. The molecule has 1 fully saturated rings. The van der Waals surface area contributed by atoms with Gasteiger partial charge in [0.05, 0.1) is 24.1 Å². The molecule has 1 rings (SSSR count). The molecular formula is C6H12N2O2S. The molecule has 11 heavy (non-hydrogen) atoms. The summed E-state index contributed by atoms with van der Waals surface area (Å²) in [4.78, 5) is 1.93. The van der Waals surface area contributed by atoms with Crippen LogP contribution in [0.3, 0.4) is 0 Å². The summed E-state index contributed by atoms with van der Waals surface area (Å²) in [5.74, 6) is 0.851. The number of nitriles is 1. The summed E-state index contributed by atoms with van der Waals surface area (Å²) in [6, 6.07) is 2.04. The van der Waals surface area contributed by atoms with Gasteiger partial charge in [0.25, 0.3) is 0 Å². The van der Waals surface area contributed by atoms with Gasteiger partial charge >= 0.3 is 0 Å². The zero-order chi connectivity index (χ0) is 8.32. The van der Waals surface area contributed by atoms with Crippen LogP contribution in [-0.4, -0.2) is 45.1 Å². The molecule has 0 amide bonds. The van der Waals surface area contributed by atoms with E-state index in [1.807, 2.05) is 11.0 Å². The van der Waals surface area contributed by atoms with Gasteiger partial charge in [-0.1, -0.05) is 0 Å². The van der Waals surface area contributed by atoms with E-state index in [0.29, 0.717) is 31.1 Å².